The van der Waals surface area contributed by atoms with Gasteiger partial charge in [-0.25, -0.2) is 4.31 Å². The highest BCUT2D eigenvalue weighted by Gasteiger charge is 2.27. The first-order valence-corrected chi connectivity index (χ1v) is 10.4. The Morgan fingerprint density at radius 3 is 2.00 bits per heavy atom. The number of carbonyl (C=O) groups excluding carboxylic acids is 1. The van der Waals surface area contributed by atoms with Crippen LogP contribution in [0.5, 0.6) is 17.2 Å². The van der Waals surface area contributed by atoms with Crippen molar-refractivity contribution in [1.82, 2.24) is 9.62 Å². The number of hydrogen-bond donors (Lipinski definition) is 1. The van der Waals surface area contributed by atoms with Gasteiger partial charge in [0.15, 0.2) is 11.5 Å². The van der Waals surface area contributed by atoms with E-state index in [9.17, 15) is 13.2 Å². The van der Waals surface area contributed by atoms with Gasteiger partial charge in [0, 0.05) is 20.6 Å². The molecule has 0 spiro atoms. The maximum Gasteiger partial charge on any atom is 0.304 e. The van der Waals surface area contributed by atoms with Gasteiger partial charge in [-0.2, -0.15) is 12.7 Å². The average Bonchev–Trinajstić information content (AvgIpc) is 2.75. The van der Waals surface area contributed by atoms with E-state index in [1.807, 2.05) is 0 Å². The Hall–Kier alpha value is -2.98. The van der Waals surface area contributed by atoms with E-state index in [-0.39, 0.29) is 13.1 Å². The number of methoxy groups -OCH3 is 3. The Morgan fingerprint density at radius 1 is 0.967 bits per heavy atom. The molecule has 9 nitrogen and oxygen atoms in total. The molecule has 164 valence electrons. The molecule has 10 heteroatoms. The van der Waals surface area contributed by atoms with Gasteiger partial charge in [-0.05, 0) is 29.8 Å². The standard InChI is InChI=1S/C20H27N3O6S/c1-22(2)30(25,26)23(16-9-7-6-8-10-16)14-19(24)21-13-15-11-17(27-3)20(29-5)18(12-15)28-4/h6-12H,13-14H2,1-5H3,(H,21,24). The van der Waals surface area contributed by atoms with Crippen molar-refractivity contribution in [3.63, 3.8) is 0 Å². The summed E-state index contributed by atoms with van der Waals surface area (Å²) in [5, 5.41) is 2.73. The molecular formula is C20H27N3O6S. The predicted octanol–water partition coefficient (Wildman–Crippen LogP) is 1.64. The summed E-state index contributed by atoms with van der Waals surface area (Å²) in [6, 6.07) is 11.9. The third kappa shape index (κ3) is 5.33. The number of rotatable bonds is 10. The van der Waals surface area contributed by atoms with Crippen molar-refractivity contribution in [2.75, 3.05) is 46.3 Å². The molecule has 0 bridgehead atoms. The average molecular weight is 438 g/mol. The largest absolute Gasteiger partial charge is 0.493 e. The minimum absolute atomic E-state index is 0.153. The number of nitrogens with one attached hydrogen (secondary N) is 1. The second-order valence-electron chi connectivity index (χ2n) is 6.44. The lowest BCUT2D eigenvalue weighted by Crippen LogP contribution is -2.45. The zero-order valence-electron chi connectivity index (χ0n) is 17.7. The number of benzene rings is 2. The van der Waals surface area contributed by atoms with Crippen LogP contribution in [0.15, 0.2) is 42.5 Å². The summed E-state index contributed by atoms with van der Waals surface area (Å²) < 4.78 is 43.4. The van der Waals surface area contributed by atoms with Gasteiger partial charge >= 0.3 is 10.2 Å². The van der Waals surface area contributed by atoms with E-state index in [1.165, 1.54) is 35.4 Å². The maximum absolute atomic E-state index is 12.7. The van der Waals surface area contributed by atoms with Crippen molar-refractivity contribution in [2.45, 2.75) is 6.54 Å². The fourth-order valence-electron chi connectivity index (χ4n) is 2.72. The van der Waals surface area contributed by atoms with Crippen LogP contribution in [0.3, 0.4) is 0 Å². The van der Waals surface area contributed by atoms with E-state index in [1.54, 1.807) is 42.5 Å². The van der Waals surface area contributed by atoms with E-state index in [0.29, 0.717) is 28.5 Å². The second-order valence-corrected chi connectivity index (χ2v) is 8.51. The second kappa shape index (κ2) is 10.2. The smallest absolute Gasteiger partial charge is 0.304 e. The molecule has 30 heavy (non-hydrogen) atoms. The predicted molar refractivity (Wildman–Crippen MR) is 114 cm³/mol. The number of amides is 1. The van der Waals surface area contributed by atoms with Crippen LogP contribution in [0.25, 0.3) is 0 Å². The number of carbonyl (C=O) groups is 1. The molecule has 2 rings (SSSR count). The molecule has 0 heterocycles. The minimum atomic E-state index is -3.85. The number of nitrogens with zero attached hydrogens (tertiary/aromatic N) is 2. The summed E-state index contributed by atoms with van der Waals surface area (Å²) in [7, 11) is 3.49. The summed E-state index contributed by atoms with van der Waals surface area (Å²) in [5.41, 5.74) is 1.11. The van der Waals surface area contributed by atoms with Gasteiger partial charge in [0.25, 0.3) is 0 Å². The van der Waals surface area contributed by atoms with Crippen molar-refractivity contribution in [1.29, 1.82) is 0 Å². The fraction of sp³-hybridized carbons (Fsp3) is 0.350. The lowest BCUT2D eigenvalue weighted by Gasteiger charge is -2.26. The van der Waals surface area contributed by atoms with Crippen molar-refractivity contribution in [2.24, 2.45) is 0 Å². The molecule has 1 amide bonds. The first kappa shape index (κ1) is 23.3. The summed E-state index contributed by atoms with van der Waals surface area (Å²) >= 11 is 0. The first-order chi connectivity index (χ1) is 14.2. The van der Waals surface area contributed by atoms with Crippen molar-refractivity contribution < 1.29 is 27.4 Å². The summed E-state index contributed by atoms with van der Waals surface area (Å²) in [4.78, 5) is 12.6. The van der Waals surface area contributed by atoms with Gasteiger partial charge in [0.2, 0.25) is 11.7 Å². The van der Waals surface area contributed by atoms with E-state index in [4.69, 9.17) is 14.2 Å². The first-order valence-electron chi connectivity index (χ1n) is 9.05. The van der Waals surface area contributed by atoms with Gasteiger partial charge in [0.05, 0.1) is 27.0 Å². The van der Waals surface area contributed by atoms with Crippen LogP contribution in [-0.2, 0) is 21.5 Å². The van der Waals surface area contributed by atoms with Crippen molar-refractivity contribution in [3.05, 3.63) is 48.0 Å². The van der Waals surface area contributed by atoms with Crippen LogP contribution < -0.4 is 23.8 Å². The number of para-hydroxylation sites is 1. The summed E-state index contributed by atoms with van der Waals surface area (Å²) in [5.74, 6) is 0.907. The van der Waals surface area contributed by atoms with Crippen LogP contribution in [0.1, 0.15) is 5.56 Å². The molecule has 0 aliphatic carbocycles. The normalized spacial score (nSPS) is 11.1. The molecule has 0 radical (unpaired) electrons. The maximum atomic E-state index is 12.7. The van der Waals surface area contributed by atoms with Gasteiger partial charge in [-0.3, -0.25) is 4.79 Å². The van der Waals surface area contributed by atoms with Crippen LogP contribution in [-0.4, -0.2) is 60.6 Å². The van der Waals surface area contributed by atoms with Crippen molar-refractivity contribution in [3.8, 4) is 17.2 Å². The zero-order chi connectivity index (χ0) is 22.3. The Balaban J connectivity index is 2.19. The Morgan fingerprint density at radius 2 is 1.53 bits per heavy atom. The van der Waals surface area contributed by atoms with Crippen LogP contribution in [0, 0.1) is 0 Å². The third-order valence-electron chi connectivity index (χ3n) is 4.29. The SMILES string of the molecule is COc1cc(CNC(=O)CN(c2ccccc2)S(=O)(=O)N(C)C)cc(OC)c1OC. The summed E-state index contributed by atoms with van der Waals surface area (Å²) in [6.45, 7) is -0.213. The van der Waals surface area contributed by atoms with Crippen LogP contribution in [0.4, 0.5) is 5.69 Å². The highest BCUT2D eigenvalue weighted by atomic mass is 32.2. The Bertz CT molecular complexity index is 939. The molecule has 0 aliphatic heterocycles. The minimum Gasteiger partial charge on any atom is -0.493 e. The van der Waals surface area contributed by atoms with Gasteiger partial charge in [0.1, 0.15) is 6.54 Å². The number of ether oxygens (including phenoxy) is 3. The molecule has 0 unspecified atom stereocenters. The monoisotopic (exact) mass is 437 g/mol. The molecule has 0 atom stereocenters. The molecular weight excluding hydrogens is 410 g/mol. The van der Waals surface area contributed by atoms with Crippen molar-refractivity contribution >= 4 is 21.8 Å². The van der Waals surface area contributed by atoms with Gasteiger partial charge < -0.3 is 19.5 Å². The van der Waals surface area contributed by atoms with E-state index in [2.05, 4.69) is 5.32 Å². The highest BCUT2D eigenvalue weighted by Crippen LogP contribution is 2.38. The Kier molecular flexibility index (Phi) is 7.90. The molecule has 2 aromatic carbocycles. The topological polar surface area (TPSA) is 97.4 Å². The molecule has 0 aliphatic rings. The molecule has 0 saturated heterocycles. The molecule has 1 N–H and O–H groups in total. The number of hydrogen-bond acceptors (Lipinski definition) is 6. The van der Waals surface area contributed by atoms with E-state index >= 15 is 0 Å². The molecule has 0 aromatic heterocycles. The summed E-state index contributed by atoms with van der Waals surface area (Å²) in [6.07, 6.45) is 0. The van der Waals surface area contributed by atoms with Gasteiger partial charge in [-0.15, -0.1) is 0 Å². The van der Waals surface area contributed by atoms with Crippen LogP contribution >= 0.6 is 0 Å². The molecule has 0 saturated carbocycles. The Labute approximate surface area is 177 Å². The van der Waals surface area contributed by atoms with Gasteiger partial charge in [-0.1, -0.05) is 18.2 Å². The molecule has 0 fully saturated rings. The number of anilines is 1. The highest BCUT2D eigenvalue weighted by molar-refractivity contribution is 7.90. The van der Waals surface area contributed by atoms with E-state index in [0.717, 1.165) is 8.61 Å². The molecule has 2 aromatic rings. The van der Waals surface area contributed by atoms with Crippen LogP contribution in [0.2, 0.25) is 0 Å². The lowest BCUT2D eigenvalue weighted by molar-refractivity contribution is -0.119. The quantitative estimate of drug-likeness (QED) is 0.607. The van der Waals surface area contributed by atoms with E-state index < -0.39 is 16.1 Å². The zero-order valence-corrected chi connectivity index (χ0v) is 18.5. The third-order valence-corrected chi connectivity index (χ3v) is 6.11. The fourth-order valence-corrected chi connectivity index (χ4v) is 3.78. The lowest BCUT2D eigenvalue weighted by atomic mass is 10.1.